The van der Waals surface area contributed by atoms with Crippen molar-refractivity contribution in [3.8, 4) is 29.6 Å². The number of urea groups is 1. The molecule has 0 saturated carbocycles. The molecule has 0 fully saturated rings. The number of hydrogen-bond donors (Lipinski definition) is 4. The predicted octanol–water partition coefficient (Wildman–Crippen LogP) is 2.22. The lowest BCUT2D eigenvalue weighted by molar-refractivity contribution is -0.136. The van der Waals surface area contributed by atoms with Crippen molar-refractivity contribution in [2.45, 2.75) is 26.1 Å². The van der Waals surface area contributed by atoms with Gasteiger partial charge in [-0.3, -0.25) is 5.43 Å². The van der Waals surface area contributed by atoms with Crippen molar-refractivity contribution in [1.82, 2.24) is 16.1 Å². The van der Waals surface area contributed by atoms with Crippen molar-refractivity contribution in [2.75, 3.05) is 26.9 Å². The summed E-state index contributed by atoms with van der Waals surface area (Å²) in [5.74, 6) is 3.22. The number of carbonyl (C=O) groups excluding carboxylic acids is 2. The normalized spacial score (nSPS) is 15.7. The summed E-state index contributed by atoms with van der Waals surface area (Å²) in [5, 5.41) is 19.6. The lowest BCUT2D eigenvalue weighted by Crippen LogP contribution is -2.45. The van der Waals surface area contributed by atoms with Crippen molar-refractivity contribution in [1.29, 1.82) is 0 Å². The number of nitrogens with one attached hydrogen (secondary N) is 3. The molecule has 11 heteroatoms. The van der Waals surface area contributed by atoms with Crippen LogP contribution in [0.1, 0.15) is 31.0 Å². The van der Waals surface area contributed by atoms with E-state index in [1.54, 1.807) is 49.4 Å². The van der Waals surface area contributed by atoms with Gasteiger partial charge in [0.2, 0.25) is 0 Å². The molecule has 0 aromatic heterocycles. The SMILES string of the molecule is C#CCOc1ccc(/C=N\N[C@@H](O)COc2ccc([C@H]3NC(=O)NC(C)=C3C(=O)OC)cc2OCC)cc1. The van der Waals surface area contributed by atoms with E-state index >= 15 is 0 Å². The van der Waals surface area contributed by atoms with E-state index in [9.17, 15) is 14.7 Å². The standard InChI is InChI=1S/C27H30N4O7/c1-5-13-37-20-10-7-18(8-11-20)15-28-31-23(32)16-38-21-12-9-19(14-22(21)36-6-2)25-24(26(33)35-4)17(3)29-27(34)30-25/h1,7-12,14-15,23,25,31-32H,6,13,16H2,2-4H3,(H2,29,30,34)/b28-15-/t23-,25+/m0/s1. The number of terminal acetylenes is 1. The van der Waals surface area contributed by atoms with Crippen LogP contribution in [-0.2, 0) is 9.53 Å². The third kappa shape index (κ3) is 7.41. The Morgan fingerprint density at radius 1 is 1.21 bits per heavy atom. The molecule has 2 aromatic carbocycles. The summed E-state index contributed by atoms with van der Waals surface area (Å²) in [5.41, 5.74) is 4.64. The van der Waals surface area contributed by atoms with Gasteiger partial charge in [0.15, 0.2) is 17.7 Å². The molecule has 0 unspecified atom stereocenters. The van der Waals surface area contributed by atoms with Gasteiger partial charge in [0.1, 0.15) is 19.0 Å². The Kier molecular flexibility index (Phi) is 9.96. The maximum atomic E-state index is 12.4. The molecule has 0 spiro atoms. The second kappa shape index (κ2) is 13.6. The molecule has 2 aromatic rings. The molecule has 3 rings (SSSR count). The molecule has 0 bridgehead atoms. The number of ether oxygens (including phenoxy) is 4. The molecule has 0 aliphatic carbocycles. The quantitative estimate of drug-likeness (QED) is 0.109. The molecule has 1 aliphatic heterocycles. The zero-order valence-corrected chi connectivity index (χ0v) is 21.3. The van der Waals surface area contributed by atoms with E-state index in [0.717, 1.165) is 5.56 Å². The van der Waals surface area contributed by atoms with Crippen LogP contribution in [0.15, 0.2) is 58.8 Å². The number of methoxy groups -OCH3 is 1. The summed E-state index contributed by atoms with van der Waals surface area (Å²) in [7, 11) is 1.27. The number of nitrogens with zero attached hydrogens (tertiary/aromatic N) is 1. The molecule has 0 radical (unpaired) electrons. The van der Waals surface area contributed by atoms with Gasteiger partial charge in [-0.05, 0) is 61.4 Å². The lowest BCUT2D eigenvalue weighted by atomic mass is 9.95. The number of hydrogen-bond acceptors (Lipinski definition) is 9. The first-order chi connectivity index (χ1) is 18.4. The Hall–Kier alpha value is -4.69. The Morgan fingerprint density at radius 3 is 2.66 bits per heavy atom. The number of hydrazone groups is 1. The first-order valence-electron chi connectivity index (χ1n) is 11.7. The molecular weight excluding hydrogens is 492 g/mol. The first kappa shape index (κ1) is 27.9. The monoisotopic (exact) mass is 522 g/mol. The van der Waals surface area contributed by atoms with Crippen molar-refractivity contribution in [3.63, 3.8) is 0 Å². The number of aliphatic hydroxyl groups is 1. The van der Waals surface area contributed by atoms with E-state index in [-0.39, 0.29) is 18.8 Å². The third-order valence-corrected chi connectivity index (χ3v) is 5.31. The molecule has 2 atom stereocenters. The van der Waals surface area contributed by atoms with Crippen LogP contribution < -0.4 is 30.3 Å². The Bertz CT molecular complexity index is 1230. The number of benzene rings is 2. The Balaban J connectivity index is 1.65. The summed E-state index contributed by atoms with van der Waals surface area (Å²) < 4.78 is 21.7. The van der Waals surface area contributed by atoms with Crippen LogP contribution in [0.3, 0.4) is 0 Å². The van der Waals surface area contributed by atoms with Gasteiger partial charge in [0.25, 0.3) is 0 Å². The van der Waals surface area contributed by atoms with Crippen molar-refractivity contribution in [3.05, 3.63) is 64.9 Å². The highest BCUT2D eigenvalue weighted by Gasteiger charge is 2.32. The molecule has 1 heterocycles. The highest BCUT2D eigenvalue weighted by atomic mass is 16.5. The average molecular weight is 523 g/mol. The number of allylic oxidation sites excluding steroid dienone is 1. The highest BCUT2D eigenvalue weighted by molar-refractivity contribution is 5.95. The summed E-state index contributed by atoms with van der Waals surface area (Å²) in [6.07, 6.45) is 5.60. The van der Waals surface area contributed by atoms with E-state index in [2.05, 4.69) is 27.1 Å². The fourth-order valence-electron chi connectivity index (χ4n) is 3.60. The van der Waals surface area contributed by atoms with Gasteiger partial charge in [0.05, 0.1) is 31.5 Å². The minimum Gasteiger partial charge on any atom is -0.490 e. The van der Waals surface area contributed by atoms with E-state index in [4.69, 9.17) is 25.4 Å². The van der Waals surface area contributed by atoms with Gasteiger partial charge >= 0.3 is 12.0 Å². The number of aliphatic hydroxyl groups excluding tert-OH is 1. The van der Waals surface area contributed by atoms with E-state index in [1.165, 1.54) is 13.3 Å². The lowest BCUT2D eigenvalue weighted by Gasteiger charge is -2.28. The van der Waals surface area contributed by atoms with Crippen LogP contribution in [0.25, 0.3) is 0 Å². The van der Waals surface area contributed by atoms with Gasteiger partial charge < -0.3 is 34.7 Å². The highest BCUT2D eigenvalue weighted by Crippen LogP contribution is 2.34. The summed E-state index contributed by atoms with van der Waals surface area (Å²) in [6, 6.07) is 10.9. The van der Waals surface area contributed by atoms with Crippen LogP contribution >= 0.6 is 0 Å². The van der Waals surface area contributed by atoms with E-state index < -0.39 is 24.3 Å². The van der Waals surface area contributed by atoms with Crippen molar-refractivity contribution in [2.24, 2.45) is 5.10 Å². The van der Waals surface area contributed by atoms with Crippen LogP contribution in [0, 0.1) is 12.3 Å². The van der Waals surface area contributed by atoms with Gasteiger partial charge in [-0.25, -0.2) is 9.59 Å². The first-order valence-corrected chi connectivity index (χ1v) is 11.7. The van der Waals surface area contributed by atoms with Gasteiger partial charge in [0, 0.05) is 5.70 Å². The minimum absolute atomic E-state index is 0.133. The molecular formula is C27H30N4O7. The topological polar surface area (TPSA) is 140 Å². The average Bonchev–Trinajstić information content (AvgIpc) is 2.91. The van der Waals surface area contributed by atoms with Gasteiger partial charge in [-0.15, -0.1) is 6.42 Å². The molecule has 4 N–H and O–H groups in total. The predicted molar refractivity (Wildman–Crippen MR) is 140 cm³/mol. The Morgan fingerprint density at radius 2 is 1.97 bits per heavy atom. The Labute approximate surface area is 220 Å². The van der Waals surface area contributed by atoms with E-state index in [0.29, 0.717) is 35.1 Å². The van der Waals surface area contributed by atoms with Crippen LogP contribution in [0.4, 0.5) is 4.79 Å². The van der Waals surface area contributed by atoms with Crippen molar-refractivity contribution < 1.29 is 33.6 Å². The summed E-state index contributed by atoms with van der Waals surface area (Å²) in [4.78, 5) is 24.4. The number of esters is 1. The second-order valence-electron chi connectivity index (χ2n) is 7.98. The van der Waals surface area contributed by atoms with Crippen LogP contribution in [-0.4, -0.2) is 56.5 Å². The maximum Gasteiger partial charge on any atom is 0.337 e. The number of carbonyl (C=O) groups is 2. The van der Waals surface area contributed by atoms with E-state index in [1.807, 2.05) is 6.92 Å². The summed E-state index contributed by atoms with van der Waals surface area (Å²) >= 11 is 0. The van der Waals surface area contributed by atoms with Crippen LogP contribution in [0.2, 0.25) is 0 Å². The molecule has 11 nitrogen and oxygen atoms in total. The zero-order chi connectivity index (χ0) is 27.5. The smallest absolute Gasteiger partial charge is 0.337 e. The van der Waals surface area contributed by atoms with Crippen LogP contribution in [0.5, 0.6) is 17.2 Å². The molecule has 38 heavy (non-hydrogen) atoms. The third-order valence-electron chi connectivity index (χ3n) is 5.31. The summed E-state index contributed by atoms with van der Waals surface area (Å²) in [6.45, 7) is 3.84. The zero-order valence-electron chi connectivity index (χ0n) is 21.3. The van der Waals surface area contributed by atoms with Gasteiger partial charge in [-0.1, -0.05) is 12.0 Å². The molecule has 200 valence electrons. The largest absolute Gasteiger partial charge is 0.490 e. The molecule has 2 amide bonds. The molecule has 0 saturated heterocycles. The van der Waals surface area contributed by atoms with Crippen molar-refractivity contribution >= 4 is 18.2 Å². The minimum atomic E-state index is -1.11. The number of rotatable bonds is 12. The maximum absolute atomic E-state index is 12.4. The molecule has 1 aliphatic rings. The second-order valence-corrected chi connectivity index (χ2v) is 7.98. The fraction of sp³-hybridized carbons (Fsp3) is 0.296. The number of amides is 2. The fourth-order valence-corrected chi connectivity index (χ4v) is 3.60. The van der Waals surface area contributed by atoms with Gasteiger partial charge in [-0.2, -0.15) is 5.10 Å².